The van der Waals surface area contributed by atoms with Crippen molar-refractivity contribution in [1.82, 2.24) is 14.8 Å². The van der Waals surface area contributed by atoms with Gasteiger partial charge in [-0.3, -0.25) is 4.79 Å². The van der Waals surface area contributed by atoms with Gasteiger partial charge < -0.3 is 23.2 Å². The summed E-state index contributed by atoms with van der Waals surface area (Å²) in [5.41, 5.74) is 4.12. The van der Waals surface area contributed by atoms with Crippen LogP contribution in [0.15, 0.2) is 59.3 Å². The highest BCUT2D eigenvalue weighted by atomic mass is 16.6. The first kappa shape index (κ1) is 19.9. The van der Waals surface area contributed by atoms with Crippen LogP contribution in [0.25, 0.3) is 17.1 Å². The number of ether oxygens (including phenoxy) is 3. The van der Waals surface area contributed by atoms with Crippen LogP contribution >= 0.6 is 0 Å². The molecule has 2 aromatic carbocycles. The van der Waals surface area contributed by atoms with Gasteiger partial charge in [-0.2, -0.15) is 0 Å². The number of carbonyl (C=O) groups excluding carboxylic acids is 1. The van der Waals surface area contributed by atoms with Crippen molar-refractivity contribution in [3.8, 4) is 34.4 Å². The van der Waals surface area contributed by atoms with Crippen molar-refractivity contribution in [2.45, 2.75) is 13.8 Å². The van der Waals surface area contributed by atoms with Crippen molar-refractivity contribution >= 4 is 5.78 Å². The highest BCUT2D eigenvalue weighted by Crippen LogP contribution is 2.33. The molecule has 0 aliphatic carbocycles. The number of hydrogen-bond acceptors (Lipinski definition) is 7. The van der Waals surface area contributed by atoms with E-state index >= 15 is 0 Å². The Labute approximate surface area is 184 Å². The molecule has 8 heteroatoms. The summed E-state index contributed by atoms with van der Waals surface area (Å²) < 4.78 is 24.2. The molecule has 2 aromatic heterocycles. The molecule has 4 aromatic rings. The molecule has 32 heavy (non-hydrogen) atoms. The maximum atomic E-state index is 12.9. The highest BCUT2D eigenvalue weighted by Gasteiger charge is 2.19. The monoisotopic (exact) mass is 431 g/mol. The Balaban J connectivity index is 1.32. The van der Waals surface area contributed by atoms with E-state index in [1.807, 2.05) is 42.7 Å². The zero-order chi connectivity index (χ0) is 22.1. The number of aryl methyl sites for hydroxylation is 1. The number of carbonyl (C=O) groups is 1. The summed E-state index contributed by atoms with van der Waals surface area (Å²) in [5, 5.41) is 7.54. The SMILES string of the molecule is Cc1cc(C(=O)COc2ccc(-c3nnco3)cc2)c(C)n1-c1ccc2c(c1)OCCO2. The van der Waals surface area contributed by atoms with Gasteiger partial charge in [-0.25, -0.2) is 0 Å². The normalized spacial score (nSPS) is 12.6. The van der Waals surface area contributed by atoms with E-state index in [0.29, 0.717) is 36.2 Å². The summed E-state index contributed by atoms with van der Waals surface area (Å²) in [6.07, 6.45) is 1.28. The molecular formula is C24H21N3O5. The zero-order valence-corrected chi connectivity index (χ0v) is 17.7. The van der Waals surface area contributed by atoms with Crippen LogP contribution in [0.5, 0.6) is 17.2 Å². The van der Waals surface area contributed by atoms with E-state index in [1.165, 1.54) is 6.39 Å². The lowest BCUT2D eigenvalue weighted by Gasteiger charge is -2.20. The number of benzene rings is 2. The Kier molecular flexibility index (Phi) is 5.10. The third kappa shape index (κ3) is 3.71. The van der Waals surface area contributed by atoms with Crippen LogP contribution in [0.4, 0.5) is 0 Å². The summed E-state index contributed by atoms with van der Waals surface area (Å²) in [6.45, 7) is 4.91. The lowest BCUT2D eigenvalue weighted by atomic mass is 10.1. The van der Waals surface area contributed by atoms with Crippen LogP contribution in [0.2, 0.25) is 0 Å². The standard InChI is InChI=1S/C24H21N3O5/c1-15-11-20(16(2)27(15)18-5-8-22-23(12-18)30-10-9-29-22)21(28)13-31-19-6-3-17(4-7-19)24-26-25-14-32-24/h3-8,11-12,14H,9-10,13H2,1-2H3. The average molecular weight is 431 g/mol. The predicted octanol–water partition coefficient (Wildman–Crippen LogP) is 4.18. The Hall–Kier alpha value is -4.07. The van der Waals surface area contributed by atoms with E-state index in [4.69, 9.17) is 18.6 Å². The second kappa shape index (κ2) is 8.22. The maximum Gasteiger partial charge on any atom is 0.247 e. The first-order chi connectivity index (χ1) is 15.6. The molecule has 0 radical (unpaired) electrons. The van der Waals surface area contributed by atoms with Crippen LogP contribution < -0.4 is 14.2 Å². The molecule has 3 heterocycles. The number of aromatic nitrogens is 3. The van der Waals surface area contributed by atoms with Gasteiger partial charge in [-0.05, 0) is 56.3 Å². The molecule has 0 fully saturated rings. The van der Waals surface area contributed by atoms with Crippen molar-refractivity contribution in [3.05, 3.63) is 71.9 Å². The summed E-state index contributed by atoms with van der Waals surface area (Å²) in [6, 6.07) is 14.8. The van der Waals surface area contributed by atoms with Gasteiger partial charge >= 0.3 is 0 Å². The molecule has 1 aliphatic rings. The smallest absolute Gasteiger partial charge is 0.247 e. The van der Waals surface area contributed by atoms with Gasteiger partial charge in [0.25, 0.3) is 0 Å². The molecule has 0 spiro atoms. The summed E-state index contributed by atoms with van der Waals surface area (Å²) in [7, 11) is 0. The van der Waals surface area contributed by atoms with Gasteiger partial charge in [0.15, 0.2) is 18.1 Å². The van der Waals surface area contributed by atoms with Crippen LogP contribution in [-0.4, -0.2) is 40.4 Å². The third-order valence-electron chi connectivity index (χ3n) is 5.35. The molecule has 0 bridgehead atoms. The van der Waals surface area contributed by atoms with Gasteiger partial charge in [-0.15, -0.1) is 10.2 Å². The highest BCUT2D eigenvalue weighted by molar-refractivity contribution is 5.98. The molecular weight excluding hydrogens is 410 g/mol. The quantitative estimate of drug-likeness (QED) is 0.423. The van der Waals surface area contributed by atoms with E-state index in [-0.39, 0.29) is 12.4 Å². The fraction of sp³-hybridized carbons (Fsp3) is 0.208. The van der Waals surface area contributed by atoms with Crippen LogP contribution in [0, 0.1) is 13.8 Å². The van der Waals surface area contributed by atoms with Gasteiger partial charge in [0.2, 0.25) is 18.1 Å². The van der Waals surface area contributed by atoms with Crippen LogP contribution in [0.1, 0.15) is 21.7 Å². The van der Waals surface area contributed by atoms with E-state index in [9.17, 15) is 4.79 Å². The Bertz CT molecular complexity index is 1260. The largest absolute Gasteiger partial charge is 0.486 e. The molecule has 5 rings (SSSR count). The van der Waals surface area contributed by atoms with E-state index in [2.05, 4.69) is 10.2 Å². The van der Waals surface area contributed by atoms with Gasteiger partial charge in [0, 0.05) is 34.3 Å². The zero-order valence-electron chi connectivity index (χ0n) is 17.7. The molecule has 0 N–H and O–H groups in total. The fourth-order valence-electron chi connectivity index (χ4n) is 3.83. The molecule has 0 saturated heterocycles. The van der Waals surface area contributed by atoms with Crippen molar-refractivity contribution < 1.29 is 23.4 Å². The van der Waals surface area contributed by atoms with Gasteiger partial charge in [0.1, 0.15) is 19.0 Å². The Morgan fingerprint density at radius 2 is 1.81 bits per heavy atom. The molecule has 1 aliphatic heterocycles. The van der Waals surface area contributed by atoms with Crippen molar-refractivity contribution in [1.29, 1.82) is 0 Å². The summed E-state index contributed by atoms with van der Waals surface area (Å²) in [5.74, 6) is 2.36. The first-order valence-electron chi connectivity index (χ1n) is 10.2. The topological polar surface area (TPSA) is 88.6 Å². The second-order valence-corrected chi connectivity index (χ2v) is 7.43. The minimum Gasteiger partial charge on any atom is -0.486 e. The first-order valence-corrected chi connectivity index (χ1v) is 10.2. The summed E-state index contributed by atoms with van der Waals surface area (Å²) in [4.78, 5) is 12.9. The lowest BCUT2D eigenvalue weighted by Crippen LogP contribution is -2.15. The number of nitrogens with zero attached hydrogens (tertiary/aromatic N) is 3. The number of fused-ring (bicyclic) bond motifs is 1. The Morgan fingerprint density at radius 3 is 2.56 bits per heavy atom. The molecule has 162 valence electrons. The van der Waals surface area contributed by atoms with Crippen molar-refractivity contribution in [3.63, 3.8) is 0 Å². The summed E-state index contributed by atoms with van der Waals surface area (Å²) >= 11 is 0. The number of hydrogen-bond donors (Lipinski definition) is 0. The van der Waals surface area contributed by atoms with Crippen molar-refractivity contribution in [2.24, 2.45) is 0 Å². The molecule has 0 saturated carbocycles. The van der Waals surface area contributed by atoms with Crippen LogP contribution in [-0.2, 0) is 0 Å². The molecule has 0 amide bonds. The third-order valence-corrected chi connectivity index (χ3v) is 5.35. The molecule has 0 unspecified atom stereocenters. The van der Waals surface area contributed by atoms with Gasteiger partial charge in [0.05, 0.1) is 0 Å². The maximum absolute atomic E-state index is 12.9. The Morgan fingerprint density at radius 1 is 1.03 bits per heavy atom. The molecule has 8 nitrogen and oxygen atoms in total. The number of ketones is 1. The minimum absolute atomic E-state index is 0.0642. The van der Waals surface area contributed by atoms with E-state index in [0.717, 1.165) is 28.4 Å². The second-order valence-electron chi connectivity index (χ2n) is 7.43. The van der Waals surface area contributed by atoms with Gasteiger partial charge in [-0.1, -0.05) is 0 Å². The predicted molar refractivity (Wildman–Crippen MR) is 116 cm³/mol. The fourth-order valence-corrected chi connectivity index (χ4v) is 3.83. The number of Topliss-reactive ketones (excluding diaryl/α,β-unsaturated/α-hetero) is 1. The lowest BCUT2D eigenvalue weighted by molar-refractivity contribution is 0.0921. The number of rotatable bonds is 6. The van der Waals surface area contributed by atoms with Crippen LogP contribution in [0.3, 0.4) is 0 Å². The van der Waals surface area contributed by atoms with Crippen molar-refractivity contribution in [2.75, 3.05) is 19.8 Å². The van der Waals surface area contributed by atoms with E-state index < -0.39 is 0 Å². The van der Waals surface area contributed by atoms with E-state index in [1.54, 1.807) is 24.3 Å². The minimum atomic E-state index is -0.0946. The molecule has 0 atom stereocenters. The average Bonchev–Trinajstić information content (AvgIpc) is 3.46.